The summed E-state index contributed by atoms with van der Waals surface area (Å²) in [6.07, 6.45) is 0. The molecule has 2 aromatic rings. The van der Waals surface area contributed by atoms with Crippen molar-refractivity contribution >= 4 is 17.5 Å². The van der Waals surface area contributed by atoms with E-state index in [4.69, 9.17) is 0 Å². The van der Waals surface area contributed by atoms with Crippen molar-refractivity contribution in [3.63, 3.8) is 0 Å². The van der Waals surface area contributed by atoms with Crippen LogP contribution in [0.2, 0.25) is 0 Å². The standard InChI is InChI=1S/C21H27FN4O2/c1-4-26(5-2)19-12-8-17(9-13-19)21(28)24-23-20(27)15-25(3)14-16-6-10-18(22)11-7-16/h6-13H,4-5,14-15H2,1-3H3,(H,23,27)(H,24,28)/p+1. The molecule has 0 aliphatic carbocycles. The normalized spacial score (nSPS) is 11.6. The van der Waals surface area contributed by atoms with Gasteiger partial charge in [0, 0.05) is 29.9 Å². The average Bonchev–Trinajstić information content (AvgIpc) is 2.69. The van der Waals surface area contributed by atoms with E-state index in [-0.39, 0.29) is 24.2 Å². The number of hydrogen-bond acceptors (Lipinski definition) is 3. The van der Waals surface area contributed by atoms with Crippen molar-refractivity contribution < 1.29 is 18.9 Å². The van der Waals surface area contributed by atoms with E-state index in [2.05, 4.69) is 29.6 Å². The van der Waals surface area contributed by atoms with Crippen molar-refractivity contribution in [1.29, 1.82) is 0 Å². The summed E-state index contributed by atoms with van der Waals surface area (Å²) in [6.45, 7) is 6.70. The molecule has 0 bridgehead atoms. The predicted octanol–water partition coefficient (Wildman–Crippen LogP) is 1.15. The van der Waals surface area contributed by atoms with E-state index >= 15 is 0 Å². The molecule has 0 spiro atoms. The summed E-state index contributed by atoms with van der Waals surface area (Å²) in [5.74, 6) is -0.949. The lowest BCUT2D eigenvalue weighted by atomic mass is 10.2. The maximum atomic E-state index is 12.9. The Morgan fingerprint density at radius 1 is 0.964 bits per heavy atom. The number of halogens is 1. The molecule has 2 amide bonds. The van der Waals surface area contributed by atoms with Gasteiger partial charge in [-0.1, -0.05) is 12.1 Å². The van der Waals surface area contributed by atoms with Gasteiger partial charge in [0.2, 0.25) is 0 Å². The minimum absolute atomic E-state index is 0.179. The van der Waals surface area contributed by atoms with Gasteiger partial charge in [-0.25, -0.2) is 4.39 Å². The van der Waals surface area contributed by atoms with Gasteiger partial charge in [0.25, 0.3) is 11.8 Å². The first-order chi connectivity index (χ1) is 13.4. The van der Waals surface area contributed by atoms with Gasteiger partial charge in [-0.3, -0.25) is 20.4 Å². The lowest BCUT2D eigenvalue weighted by Gasteiger charge is -2.21. The van der Waals surface area contributed by atoms with Gasteiger partial charge in [0.15, 0.2) is 6.54 Å². The highest BCUT2D eigenvalue weighted by atomic mass is 19.1. The van der Waals surface area contributed by atoms with Gasteiger partial charge < -0.3 is 9.80 Å². The van der Waals surface area contributed by atoms with Crippen LogP contribution in [-0.4, -0.2) is 38.5 Å². The van der Waals surface area contributed by atoms with Crippen molar-refractivity contribution in [2.75, 3.05) is 31.6 Å². The molecule has 1 unspecified atom stereocenters. The van der Waals surface area contributed by atoms with Gasteiger partial charge in [-0.05, 0) is 50.2 Å². The van der Waals surface area contributed by atoms with Gasteiger partial charge >= 0.3 is 0 Å². The largest absolute Gasteiger partial charge is 0.372 e. The summed E-state index contributed by atoms with van der Waals surface area (Å²) in [5, 5.41) is 0. The molecule has 0 heterocycles. The molecule has 2 rings (SSSR count). The molecule has 7 heteroatoms. The number of benzene rings is 2. The first kappa shape index (κ1) is 21.4. The molecule has 150 valence electrons. The third-order valence-electron chi connectivity index (χ3n) is 4.46. The minimum Gasteiger partial charge on any atom is -0.372 e. The van der Waals surface area contributed by atoms with Gasteiger partial charge in [0.05, 0.1) is 7.05 Å². The molecular formula is C21H28FN4O2+. The number of amides is 2. The van der Waals surface area contributed by atoms with Crippen LogP contribution in [0.1, 0.15) is 29.8 Å². The molecule has 28 heavy (non-hydrogen) atoms. The SMILES string of the molecule is CCN(CC)c1ccc(C(=O)NNC(=O)C[NH+](C)Cc2ccc(F)cc2)cc1. The smallest absolute Gasteiger partial charge is 0.293 e. The van der Waals surface area contributed by atoms with Crippen LogP contribution in [0.25, 0.3) is 0 Å². The van der Waals surface area contributed by atoms with Crippen molar-refractivity contribution in [2.45, 2.75) is 20.4 Å². The Morgan fingerprint density at radius 3 is 2.14 bits per heavy atom. The van der Waals surface area contributed by atoms with Crippen molar-refractivity contribution in [3.05, 3.63) is 65.5 Å². The summed E-state index contributed by atoms with van der Waals surface area (Å²) in [7, 11) is 1.86. The number of rotatable bonds is 8. The Labute approximate surface area is 165 Å². The Hall–Kier alpha value is -2.93. The van der Waals surface area contributed by atoms with Crippen LogP contribution in [-0.2, 0) is 11.3 Å². The molecule has 0 fully saturated rings. The number of carbonyl (C=O) groups excluding carboxylic acids is 2. The molecule has 0 aromatic heterocycles. The Balaban J connectivity index is 1.79. The second-order valence-electron chi connectivity index (χ2n) is 6.66. The van der Waals surface area contributed by atoms with Crippen molar-refractivity contribution in [3.8, 4) is 0 Å². The quantitative estimate of drug-likeness (QED) is 0.596. The van der Waals surface area contributed by atoms with E-state index in [1.54, 1.807) is 24.3 Å². The number of likely N-dealkylation sites (N-methyl/N-ethyl adjacent to an activating group) is 1. The third-order valence-corrected chi connectivity index (χ3v) is 4.46. The summed E-state index contributed by atoms with van der Waals surface area (Å²) in [5.41, 5.74) is 7.34. The first-order valence-electron chi connectivity index (χ1n) is 9.42. The highest BCUT2D eigenvalue weighted by Gasteiger charge is 2.13. The maximum absolute atomic E-state index is 12.9. The van der Waals surface area contributed by atoms with Gasteiger partial charge in [-0.2, -0.15) is 0 Å². The van der Waals surface area contributed by atoms with E-state index in [1.807, 2.05) is 19.2 Å². The molecule has 3 N–H and O–H groups in total. The monoisotopic (exact) mass is 387 g/mol. The van der Waals surface area contributed by atoms with Crippen LogP contribution in [0.5, 0.6) is 0 Å². The fourth-order valence-electron chi connectivity index (χ4n) is 2.94. The average molecular weight is 387 g/mol. The van der Waals surface area contributed by atoms with Crippen LogP contribution in [0.3, 0.4) is 0 Å². The molecule has 2 aromatic carbocycles. The Morgan fingerprint density at radius 2 is 1.57 bits per heavy atom. The zero-order chi connectivity index (χ0) is 20.5. The lowest BCUT2D eigenvalue weighted by molar-refractivity contribution is -0.885. The predicted molar refractivity (Wildman–Crippen MR) is 107 cm³/mol. The summed E-state index contributed by atoms with van der Waals surface area (Å²) < 4.78 is 12.9. The second-order valence-corrected chi connectivity index (χ2v) is 6.66. The van der Waals surface area contributed by atoms with Crippen LogP contribution in [0.4, 0.5) is 10.1 Å². The maximum Gasteiger partial charge on any atom is 0.293 e. The van der Waals surface area contributed by atoms with E-state index < -0.39 is 0 Å². The topological polar surface area (TPSA) is 65.9 Å². The van der Waals surface area contributed by atoms with Crippen molar-refractivity contribution in [1.82, 2.24) is 10.9 Å². The highest BCUT2D eigenvalue weighted by molar-refractivity contribution is 5.95. The van der Waals surface area contributed by atoms with Crippen LogP contribution < -0.4 is 20.7 Å². The van der Waals surface area contributed by atoms with E-state index in [9.17, 15) is 14.0 Å². The third kappa shape index (κ3) is 6.35. The van der Waals surface area contributed by atoms with Crippen LogP contribution in [0, 0.1) is 5.82 Å². The van der Waals surface area contributed by atoms with Gasteiger partial charge in [0.1, 0.15) is 12.4 Å². The zero-order valence-electron chi connectivity index (χ0n) is 16.6. The van der Waals surface area contributed by atoms with Gasteiger partial charge in [-0.15, -0.1) is 0 Å². The fraction of sp³-hybridized carbons (Fsp3) is 0.333. The molecule has 0 saturated carbocycles. The summed E-state index contributed by atoms with van der Waals surface area (Å²) >= 11 is 0. The Bertz CT molecular complexity index is 774. The highest BCUT2D eigenvalue weighted by Crippen LogP contribution is 2.14. The zero-order valence-corrected chi connectivity index (χ0v) is 16.6. The Kier molecular flexibility index (Phi) is 7.95. The summed E-state index contributed by atoms with van der Waals surface area (Å²) in [4.78, 5) is 27.3. The first-order valence-corrected chi connectivity index (χ1v) is 9.42. The number of anilines is 1. The lowest BCUT2D eigenvalue weighted by Crippen LogP contribution is -3.09. The van der Waals surface area contributed by atoms with Crippen molar-refractivity contribution in [2.24, 2.45) is 0 Å². The molecular weight excluding hydrogens is 359 g/mol. The van der Waals surface area contributed by atoms with E-state index in [0.717, 1.165) is 29.2 Å². The molecule has 0 aliphatic rings. The van der Waals surface area contributed by atoms with E-state index in [0.29, 0.717) is 12.1 Å². The molecule has 6 nitrogen and oxygen atoms in total. The van der Waals surface area contributed by atoms with Crippen LogP contribution >= 0.6 is 0 Å². The fourth-order valence-corrected chi connectivity index (χ4v) is 2.94. The second kappa shape index (κ2) is 10.4. The molecule has 0 saturated heterocycles. The summed E-state index contributed by atoms with van der Waals surface area (Å²) in [6, 6.07) is 13.4. The number of nitrogens with one attached hydrogen (secondary N) is 3. The number of nitrogens with zero attached hydrogens (tertiary/aromatic N) is 1. The molecule has 1 atom stereocenters. The molecule has 0 radical (unpaired) electrons. The minimum atomic E-state index is -0.365. The number of hydrogen-bond donors (Lipinski definition) is 3. The van der Waals surface area contributed by atoms with E-state index in [1.165, 1.54) is 12.1 Å². The number of quaternary nitrogens is 1. The molecule has 0 aliphatic heterocycles. The van der Waals surface area contributed by atoms with Crippen LogP contribution in [0.15, 0.2) is 48.5 Å². The number of carbonyl (C=O) groups is 2. The number of hydrazine groups is 1.